The van der Waals surface area contributed by atoms with Crippen LogP contribution in [0, 0.1) is 0 Å². The lowest BCUT2D eigenvalue weighted by atomic mass is 10.2. The maximum absolute atomic E-state index is 11.0. The van der Waals surface area contributed by atoms with Gasteiger partial charge >= 0.3 is 5.97 Å². The summed E-state index contributed by atoms with van der Waals surface area (Å²) in [5.74, 6) is 0.325. The second-order valence-corrected chi connectivity index (χ2v) is 5.01. The number of carboxylic acid groups (broad SMARTS) is 1. The average molecular weight is 241 g/mol. The molecule has 1 aliphatic heterocycles. The van der Waals surface area contributed by atoms with Crippen molar-refractivity contribution in [3.8, 4) is 0 Å². The van der Waals surface area contributed by atoms with Crippen LogP contribution in [0.4, 0.5) is 5.13 Å². The Morgan fingerprint density at radius 3 is 2.94 bits per heavy atom. The number of aliphatic carboxylic acids is 1. The molecule has 2 heterocycles. The van der Waals surface area contributed by atoms with Gasteiger partial charge in [0.1, 0.15) is 11.9 Å². The largest absolute Gasteiger partial charge is 0.480 e. The normalized spacial score (nSPS) is 20.7. The minimum absolute atomic E-state index is 0.288. The summed E-state index contributed by atoms with van der Waals surface area (Å²) in [5.41, 5.74) is 0. The molecular weight excluding hydrogens is 226 g/mol. The molecule has 0 radical (unpaired) electrons. The second-order valence-electron chi connectivity index (χ2n) is 4.28. The maximum atomic E-state index is 11.0. The quantitative estimate of drug-likeness (QED) is 0.872. The molecule has 0 spiro atoms. The summed E-state index contributed by atoms with van der Waals surface area (Å²) >= 11 is 1.30. The Balaban J connectivity index is 2.19. The number of aromatic nitrogens is 2. The van der Waals surface area contributed by atoms with E-state index in [1.54, 1.807) is 0 Å². The number of hydrogen-bond acceptors (Lipinski definition) is 5. The van der Waals surface area contributed by atoms with Gasteiger partial charge in [0.25, 0.3) is 0 Å². The molecule has 88 valence electrons. The summed E-state index contributed by atoms with van der Waals surface area (Å²) in [4.78, 5) is 17.3. The monoisotopic (exact) mass is 241 g/mol. The van der Waals surface area contributed by atoms with Gasteiger partial charge < -0.3 is 10.0 Å². The summed E-state index contributed by atoms with van der Waals surface area (Å²) in [6.45, 7) is 4.83. The molecule has 0 amide bonds. The van der Waals surface area contributed by atoms with Gasteiger partial charge in [-0.2, -0.15) is 4.37 Å². The van der Waals surface area contributed by atoms with Crippen molar-refractivity contribution in [3.63, 3.8) is 0 Å². The predicted molar refractivity (Wildman–Crippen MR) is 62.0 cm³/mol. The molecule has 1 fully saturated rings. The van der Waals surface area contributed by atoms with Gasteiger partial charge in [0.15, 0.2) is 0 Å². The van der Waals surface area contributed by atoms with Crippen molar-refractivity contribution in [1.29, 1.82) is 0 Å². The molecule has 1 atom stereocenters. The SMILES string of the molecule is CC(C)c1nsc(N2CCCC2C(=O)O)n1. The Morgan fingerprint density at radius 1 is 1.62 bits per heavy atom. The van der Waals surface area contributed by atoms with Crippen LogP contribution < -0.4 is 4.90 Å². The van der Waals surface area contributed by atoms with E-state index < -0.39 is 12.0 Å². The van der Waals surface area contributed by atoms with Crippen molar-refractivity contribution in [3.05, 3.63) is 5.82 Å². The third-order valence-electron chi connectivity index (χ3n) is 2.73. The number of rotatable bonds is 3. The average Bonchev–Trinajstić information content (AvgIpc) is 2.86. The van der Waals surface area contributed by atoms with Crippen LogP contribution >= 0.6 is 11.5 Å². The van der Waals surface area contributed by atoms with Crippen molar-refractivity contribution in [1.82, 2.24) is 9.36 Å². The minimum Gasteiger partial charge on any atom is -0.480 e. The van der Waals surface area contributed by atoms with Gasteiger partial charge in [-0.25, -0.2) is 9.78 Å². The van der Waals surface area contributed by atoms with E-state index >= 15 is 0 Å². The van der Waals surface area contributed by atoms with Gasteiger partial charge in [0.2, 0.25) is 5.13 Å². The summed E-state index contributed by atoms with van der Waals surface area (Å²) in [6, 6.07) is -0.423. The first-order chi connectivity index (χ1) is 7.59. The highest BCUT2D eigenvalue weighted by Gasteiger charge is 2.32. The molecule has 1 aliphatic rings. The van der Waals surface area contributed by atoms with Gasteiger partial charge in [0, 0.05) is 24.0 Å². The van der Waals surface area contributed by atoms with E-state index in [0.717, 1.165) is 23.9 Å². The van der Waals surface area contributed by atoms with Crippen molar-refractivity contribution in [2.45, 2.75) is 38.6 Å². The summed E-state index contributed by atoms with van der Waals surface area (Å²) in [6.07, 6.45) is 1.61. The third-order valence-corrected chi connectivity index (χ3v) is 3.50. The molecule has 0 bridgehead atoms. The molecule has 1 aromatic heterocycles. The number of hydrogen-bond donors (Lipinski definition) is 1. The molecule has 6 heteroatoms. The zero-order valence-electron chi connectivity index (χ0n) is 9.38. The predicted octanol–water partition coefficient (Wildman–Crippen LogP) is 1.71. The smallest absolute Gasteiger partial charge is 0.326 e. The molecule has 1 saturated heterocycles. The fourth-order valence-corrected chi connectivity index (χ4v) is 2.71. The van der Waals surface area contributed by atoms with Crippen LogP contribution in [0.15, 0.2) is 0 Å². The van der Waals surface area contributed by atoms with Gasteiger partial charge in [-0.15, -0.1) is 0 Å². The molecule has 0 saturated carbocycles. The van der Waals surface area contributed by atoms with E-state index in [1.165, 1.54) is 11.5 Å². The van der Waals surface area contributed by atoms with Crippen molar-refractivity contribution < 1.29 is 9.90 Å². The molecule has 16 heavy (non-hydrogen) atoms. The van der Waals surface area contributed by atoms with E-state index in [4.69, 9.17) is 5.11 Å². The van der Waals surface area contributed by atoms with Crippen molar-refractivity contribution in [2.75, 3.05) is 11.4 Å². The van der Waals surface area contributed by atoms with E-state index in [2.05, 4.69) is 9.36 Å². The van der Waals surface area contributed by atoms with Crippen LogP contribution in [0.3, 0.4) is 0 Å². The van der Waals surface area contributed by atoms with Gasteiger partial charge in [-0.05, 0) is 12.8 Å². The van der Waals surface area contributed by atoms with Crippen molar-refractivity contribution in [2.24, 2.45) is 0 Å². The molecule has 1 aromatic rings. The highest BCUT2D eigenvalue weighted by molar-refractivity contribution is 7.09. The van der Waals surface area contributed by atoms with E-state index in [-0.39, 0.29) is 5.92 Å². The van der Waals surface area contributed by atoms with Crippen LogP contribution in [0.5, 0.6) is 0 Å². The van der Waals surface area contributed by atoms with Crippen molar-refractivity contribution >= 4 is 22.6 Å². The lowest BCUT2D eigenvalue weighted by Crippen LogP contribution is -2.35. The first kappa shape index (κ1) is 11.3. The van der Waals surface area contributed by atoms with E-state index in [1.807, 2.05) is 18.7 Å². The first-order valence-electron chi connectivity index (χ1n) is 5.42. The van der Waals surface area contributed by atoms with E-state index in [9.17, 15) is 4.79 Å². The minimum atomic E-state index is -0.765. The molecule has 0 aromatic carbocycles. The Kier molecular flexibility index (Phi) is 3.09. The summed E-state index contributed by atoms with van der Waals surface area (Å²) < 4.78 is 4.25. The molecular formula is C10H15N3O2S. The van der Waals surface area contributed by atoms with Gasteiger partial charge in [-0.1, -0.05) is 13.8 Å². The molecule has 2 rings (SSSR count). The topological polar surface area (TPSA) is 66.3 Å². The summed E-state index contributed by atoms with van der Waals surface area (Å²) in [5, 5.41) is 9.82. The standard InChI is InChI=1S/C10H15N3O2S/c1-6(2)8-11-10(16-12-8)13-5-3-4-7(13)9(14)15/h6-7H,3-5H2,1-2H3,(H,14,15). The number of carboxylic acids is 1. The van der Waals surface area contributed by atoms with Gasteiger partial charge in [-0.3, -0.25) is 0 Å². The molecule has 1 N–H and O–H groups in total. The lowest BCUT2D eigenvalue weighted by Gasteiger charge is -2.19. The fraction of sp³-hybridized carbons (Fsp3) is 0.700. The molecule has 1 unspecified atom stereocenters. The third kappa shape index (κ3) is 2.02. The second kappa shape index (κ2) is 4.37. The number of carbonyl (C=O) groups is 1. The Bertz CT molecular complexity index is 391. The first-order valence-corrected chi connectivity index (χ1v) is 6.20. The molecule has 5 nitrogen and oxygen atoms in total. The highest BCUT2D eigenvalue weighted by atomic mass is 32.1. The van der Waals surface area contributed by atoms with Crippen LogP contribution in [0.25, 0.3) is 0 Å². The molecule has 0 aliphatic carbocycles. The number of anilines is 1. The Morgan fingerprint density at radius 2 is 2.38 bits per heavy atom. The zero-order valence-corrected chi connectivity index (χ0v) is 10.2. The lowest BCUT2D eigenvalue weighted by molar-refractivity contribution is -0.138. The van der Waals surface area contributed by atoms with Gasteiger partial charge in [0.05, 0.1) is 0 Å². The summed E-state index contributed by atoms with van der Waals surface area (Å²) in [7, 11) is 0. The maximum Gasteiger partial charge on any atom is 0.326 e. The van der Waals surface area contributed by atoms with Crippen LogP contribution in [-0.2, 0) is 4.79 Å². The Hall–Kier alpha value is -1.17. The van der Waals surface area contributed by atoms with E-state index in [0.29, 0.717) is 6.42 Å². The van der Waals surface area contributed by atoms with Crippen LogP contribution in [0.2, 0.25) is 0 Å². The fourth-order valence-electron chi connectivity index (χ4n) is 1.83. The number of nitrogens with zero attached hydrogens (tertiary/aromatic N) is 3. The Labute approximate surface area is 98.3 Å². The van der Waals surface area contributed by atoms with Crippen LogP contribution in [0.1, 0.15) is 38.4 Å². The zero-order chi connectivity index (χ0) is 11.7. The highest BCUT2D eigenvalue weighted by Crippen LogP contribution is 2.28. The van der Waals surface area contributed by atoms with Crippen LogP contribution in [-0.4, -0.2) is 33.0 Å².